The van der Waals surface area contributed by atoms with E-state index in [1.807, 2.05) is 6.92 Å². The minimum Gasteiger partial charge on any atom is -0.480 e. The lowest BCUT2D eigenvalue weighted by molar-refractivity contribution is -0.141. The molecule has 1 aliphatic heterocycles. The van der Waals surface area contributed by atoms with Gasteiger partial charge in [-0.15, -0.1) is 0 Å². The third-order valence-corrected chi connectivity index (χ3v) is 5.07. The molecule has 2 rings (SSSR count). The topological polar surface area (TPSA) is 91.8 Å². The molecule has 0 aliphatic carbocycles. The number of hydrogen-bond donors (Lipinski definition) is 1. The summed E-state index contributed by atoms with van der Waals surface area (Å²) in [6.45, 7) is 2.21. The highest BCUT2D eigenvalue weighted by Crippen LogP contribution is 2.23. The van der Waals surface area contributed by atoms with Gasteiger partial charge in [0, 0.05) is 18.4 Å². The number of likely N-dealkylation sites (tertiary alicyclic amines) is 1. The first-order valence-electron chi connectivity index (χ1n) is 7.12. The number of aryl methyl sites for hydroxylation is 1. The predicted octanol–water partition coefficient (Wildman–Crippen LogP) is 1.34. The molecule has 0 aromatic heterocycles. The van der Waals surface area contributed by atoms with Crippen molar-refractivity contribution in [3.63, 3.8) is 0 Å². The van der Waals surface area contributed by atoms with Gasteiger partial charge in [-0.2, -0.15) is 0 Å². The van der Waals surface area contributed by atoms with E-state index < -0.39 is 27.8 Å². The highest BCUT2D eigenvalue weighted by Gasteiger charge is 2.34. The molecule has 0 unspecified atom stereocenters. The molecule has 1 aliphatic rings. The fourth-order valence-electron chi connectivity index (χ4n) is 2.76. The Morgan fingerprint density at radius 3 is 2.59 bits per heavy atom. The lowest BCUT2D eigenvalue weighted by Crippen LogP contribution is -2.40. The fraction of sp³-hybridized carbons (Fsp3) is 0.467. The van der Waals surface area contributed by atoms with Gasteiger partial charge in [-0.1, -0.05) is 13.0 Å². The zero-order valence-corrected chi connectivity index (χ0v) is 13.4. The van der Waals surface area contributed by atoms with Gasteiger partial charge in [-0.25, -0.2) is 13.2 Å². The first kappa shape index (κ1) is 16.5. The van der Waals surface area contributed by atoms with Gasteiger partial charge in [-0.05, 0) is 37.0 Å². The van der Waals surface area contributed by atoms with Crippen LogP contribution in [0.3, 0.4) is 0 Å². The van der Waals surface area contributed by atoms with Gasteiger partial charge in [0.1, 0.15) is 6.04 Å². The summed E-state index contributed by atoms with van der Waals surface area (Å²) < 4.78 is 23.7. The van der Waals surface area contributed by atoms with E-state index in [2.05, 4.69) is 0 Å². The molecule has 120 valence electrons. The van der Waals surface area contributed by atoms with Crippen LogP contribution in [0.4, 0.5) is 0 Å². The molecule has 0 bridgehead atoms. The molecule has 1 N–H and O–H groups in total. The summed E-state index contributed by atoms with van der Waals surface area (Å²) >= 11 is 0. The van der Waals surface area contributed by atoms with E-state index in [1.165, 1.54) is 11.0 Å². The van der Waals surface area contributed by atoms with Crippen molar-refractivity contribution in [2.45, 2.75) is 37.1 Å². The number of carbonyl (C=O) groups is 2. The van der Waals surface area contributed by atoms with Crippen LogP contribution in [-0.4, -0.2) is 49.1 Å². The van der Waals surface area contributed by atoms with Crippen LogP contribution in [0.15, 0.2) is 23.1 Å². The van der Waals surface area contributed by atoms with Gasteiger partial charge < -0.3 is 10.0 Å². The highest BCUT2D eigenvalue weighted by atomic mass is 32.2. The Morgan fingerprint density at radius 1 is 1.36 bits per heavy atom. The number of amides is 1. The van der Waals surface area contributed by atoms with E-state index in [4.69, 9.17) is 5.11 Å². The first-order valence-corrected chi connectivity index (χ1v) is 9.01. The molecule has 0 saturated carbocycles. The number of carbonyl (C=O) groups excluding carboxylic acids is 1. The number of benzene rings is 1. The van der Waals surface area contributed by atoms with Gasteiger partial charge in [0.25, 0.3) is 5.91 Å². The summed E-state index contributed by atoms with van der Waals surface area (Å²) in [6.07, 6.45) is 2.70. The fourth-order valence-corrected chi connectivity index (χ4v) is 3.79. The largest absolute Gasteiger partial charge is 0.480 e. The molecular formula is C15H19NO5S. The average molecular weight is 325 g/mol. The van der Waals surface area contributed by atoms with Crippen molar-refractivity contribution < 1.29 is 23.1 Å². The van der Waals surface area contributed by atoms with Crippen molar-refractivity contribution >= 4 is 21.7 Å². The molecule has 1 heterocycles. The number of hydrogen-bond acceptors (Lipinski definition) is 4. The van der Waals surface area contributed by atoms with E-state index in [9.17, 15) is 18.0 Å². The average Bonchev–Trinajstić information content (AvgIpc) is 2.94. The SMILES string of the molecule is CCc1ccc(C(=O)N2CCC[C@H]2C(=O)O)cc1S(C)(=O)=O. The normalized spacial score (nSPS) is 18.5. The molecule has 1 atom stereocenters. The van der Waals surface area contributed by atoms with Crippen molar-refractivity contribution in [1.82, 2.24) is 4.90 Å². The zero-order valence-electron chi connectivity index (χ0n) is 12.6. The zero-order chi connectivity index (χ0) is 16.5. The Labute approximate surface area is 129 Å². The van der Waals surface area contributed by atoms with Crippen LogP contribution in [0.1, 0.15) is 35.7 Å². The molecule has 22 heavy (non-hydrogen) atoms. The van der Waals surface area contributed by atoms with Crippen molar-refractivity contribution in [1.29, 1.82) is 0 Å². The number of nitrogens with zero attached hydrogens (tertiary/aromatic N) is 1. The van der Waals surface area contributed by atoms with Crippen molar-refractivity contribution in [2.24, 2.45) is 0 Å². The molecule has 0 spiro atoms. The minimum atomic E-state index is -3.44. The Morgan fingerprint density at radius 2 is 2.05 bits per heavy atom. The highest BCUT2D eigenvalue weighted by molar-refractivity contribution is 7.90. The van der Waals surface area contributed by atoms with Gasteiger partial charge in [-0.3, -0.25) is 4.79 Å². The molecule has 1 fully saturated rings. The number of sulfone groups is 1. The van der Waals surface area contributed by atoms with Crippen LogP contribution < -0.4 is 0 Å². The molecule has 7 heteroatoms. The van der Waals surface area contributed by atoms with Crippen molar-refractivity contribution in [2.75, 3.05) is 12.8 Å². The maximum atomic E-state index is 12.5. The lowest BCUT2D eigenvalue weighted by Gasteiger charge is -2.22. The van der Waals surface area contributed by atoms with Gasteiger partial charge in [0.15, 0.2) is 9.84 Å². The summed E-state index contributed by atoms with van der Waals surface area (Å²) in [6, 6.07) is 3.70. The standard InChI is InChI=1S/C15H19NO5S/c1-3-10-6-7-11(9-13(10)22(2,20)21)14(17)16-8-4-5-12(16)15(18)19/h6-7,9,12H,3-5,8H2,1-2H3,(H,18,19)/t12-/m0/s1. The van der Waals surface area contributed by atoms with Crippen LogP contribution in [0.5, 0.6) is 0 Å². The maximum absolute atomic E-state index is 12.5. The minimum absolute atomic E-state index is 0.131. The Balaban J connectivity index is 2.41. The summed E-state index contributed by atoms with van der Waals surface area (Å²) in [7, 11) is -3.44. The van der Waals surface area contributed by atoms with Gasteiger partial charge in [0.05, 0.1) is 4.90 Å². The van der Waals surface area contributed by atoms with E-state index in [1.54, 1.807) is 12.1 Å². The molecule has 0 radical (unpaired) electrons. The third kappa shape index (κ3) is 3.14. The van der Waals surface area contributed by atoms with E-state index in [-0.39, 0.29) is 10.5 Å². The van der Waals surface area contributed by atoms with Crippen LogP contribution in [0.25, 0.3) is 0 Å². The second kappa shape index (κ2) is 6.08. The van der Waals surface area contributed by atoms with E-state index >= 15 is 0 Å². The Bertz CT molecular complexity index is 711. The van der Waals surface area contributed by atoms with Crippen LogP contribution in [0, 0.1) is 0 Å². The van der Waals surface area contributed by atoms with Crippen LogP contribution >= 0.6 is 0 Å². The number of carboxylic acid groups (broad SMARTS) is 1. The number of aliphatic carboxylic acids is 1. The Kier molecular flexibility index (Phi) is 4.55. The van der Waals surface area contributed by atoms with Crippen LogP contribution in [0.2, 0.25) is 0 Å². The lowest BCUT2D eigenvalue weighted by atomic mass is 10.1. The first-order chi connectivity index (χ1) is 10.3. The van der Waals surface area contributed by atoms with Crippen LogP contribution in [-0.2, 0) is 21.1 Å². The molecule has 6 nitrogen and oxygen atoms in total. The second-order valence-corrected chi connectivity index (χ2v) is 7.43. The summed E-state index contributed by atoms with van der Waals surface area (Å²) in [4.78, 5) is 25.1. The van der Waals surface area contributed by atoms with E-state index in [0.29, 0.717) is 31.4 Å². The molecule has 1 aromatic carbocycles. The smallest absolute Gasteiger partial charge is 0.326 e. The molecule has 1 aromatic rings. The summed E-state index contributed by atoms with van der Waals surface area (Å²) in [5, 5.41) is 9.16. The number of carboxylic acids is 1. The predicted molar refractivity (Wildman–Crippen MR) is 80.6 cm³/mol. The van der Waals surface area contributed by atoms with Crippen molar-refractivity contribution in [3.8, 4) is 0 Å². The quantitative estimate of drug-likeness (QED) is 0.902. The summed E-state index contributed by atoms with van der Waals surface area (Å²) in [5.41, 5.74) is 0.862. The van der Waals surface area contributed by atoms with Crippen molar-refractivity contribution in [3.05, 3.63) is 29.3 Å². The summed E-state index contributed by atoms with van der Waals surface area (Å²) in [5.74, 6) is -1.46. The molecular weight excluding hydrogens is 306 g/mol. The van der Waals surface area contributed by atoms with Gasteiger partial charge in [0.2, 0.25) is 0 Å². The molecule has 1 amide bonds. The second-order valence-electron chi connectivity index (χ2n) is 5.44. The monoisotopic (exact) mass is 325 g/mol. The maximum Gasteiger partial charge on any atom is 0.326 e. The third-order valence-electron chi connectivity index (χ3n) is 3.89. The van der Waals surface area contributed by atoms with Gasteiger partial charge >= 0.3 is 5.97 Å². The number of rotatable bonds is 4. The Hall–Kier alpha value is -1.89. The molecule has 1 saturated heterocycles. The van der Waals surface area contributed by atoms with E-state index in [0.717, 1.165) is 6.26 Å².